The van der Waals surface area contributed by atoms with Gasteiger partial charge in [0.25, 0.3) is 0 Å². The molecule has 2 heterocycles. The molecule has 0 radical (unpaired) electrons. The maximum absolute atomic E-state index is 2.93. The highest BCUT2D eigenvalue weighted by Crippen LogP contribution is 2.60. The molecule has 0 aromatic rings. The van der Waals surface area contributed by atoms with Gasteiger partial charge in [-0.3, -0.25) is 0 Å². The summed E-state index contributed by atoms with van der Waals surface area (Å²) in [6.07, 6.45) is 39.6. The Morgan fingerprint density at radius 3 is 2.12 bits per heavy atom. The van der Waals surface area contributed by atoms with Gasteiger partial charge < -0.3 is 4.90 Å². The number of hydrogen-bond donors (Lipinski definition) is 0. The van der Waals surface area contributed by atoms with Crippen LogP contribution in [0.4, 0.5) is 0 Å². The van der Waals surface area contributed by atoms with Gasteiger partial charge in [-0.2, -0.15) is 0 Å². The van der Waals surface area contributed by atoms with Crippen LogP contribution in [0.5, 0.6) is 0 Å². The van der Waals surface area contributed by atoms with E-state index < -0.39 is 0 Å². The first-order valence-electron chi connectivity index (χ1n) is 21.5. The molecule has 266 valence electrons. The van der Waals surface area contributed by atoms with E-state index in [4.69, 9.17) is 0 Å². The van der Waals surface area contributed by atoms with Crippen LogP contribution in [0.15, 0.2) is 47.2 Å². The minimum absolute atomic E-state index is 0.276. The van der Waals surface area contributed by atoms with Crippen LogP contribution >= 0.6 is 0 Å². The number of rotatable bonds is 9. The van der Waals surface area contributed by atoms with Crippen molar-refractivity contribution in [2.45, 2.75) is 176 Å². The van der Waals surface area contributed by atoms with Gasteiger partial charge >= 0.3 is 0 Å². The fourth-order valence-electron chi connectivity index (χ4n) is 13.4. The van der Waals surface area contributed by atoms with Gasteiger partial charge in [0, 0.05) is 48.5 Å². The molecule has 1 saturated heterocycles. The Kier molecular flexibility index (Phi) is 10.6. The number of unbranched alkanes of at least 4 members (excludes halogenated alkanes) is 2. The van der Waals surface area contributed by atoms with Gasteiger partial charge in [-0.15, -0.1) is 0 Å². The van der Waals surface area contributed by atoms with Gasteiger partial charge in [0.1, 0.15) is 6.54 Å². The Bertz CT molecular complexity index is 1300. The van der Waals surface area contributed by atoms with Crippen molar-refractivity contribution >= 4 is 5.71 Å². The third-order valence-electron chi connectivity index (χ3n) is 15.5. The largest absolute Gasteiger partial charge is 0.371 e. The first-order valence-corrected chi connectivity index (χ1v) is 21.5. The smallest absolute Gasteiger partial charge is 0.182 e. The molecule has 2 nitrogen and oxygen atoms in total. The summed E-state index contributed by atoms with van der Waals surface area (Å²) in [7, 11) is 0. The molecule has 0 aromatic heterocycles. The summed E-state index contributed by atoms with van der Waals surface area (Å²) in [6, 6.07) is 1.54. The SMILES string of the molecule is CCCCN1/C(=C/C=C2C=C(/C=C/C3=[N+](CCCC)C4CCC5CCCCC5C4C3(C)C)CCC/2)C(C)(C)C2C3CCCCC3CCC21. The molecular weight excluding hydrogens is 581 g/mol. The monoisotopic (exact) mass is 654 g/mol. The van der Waals surface area contributed by atoms with Crippen LogP contribution in [-0.2, 0) is 0 Å². The molecular formula is C46H73N2+. The van der Waals surface area contributed by atoms with E-state index in [1.807, 2.05) is 0 Å². The molecule has 7 rings (SSSR count). The van der Waals surface area contributed by atoms with Crippen molar-refractivity contribution in [1.82, 2.24) is 4.90 Å². The van der Waals surface area contributed by atoms with E-state index in [-0.39, 0.29) is 10.8 Å². The fourth-order valence-corrected chi connectivity index (χ4v) is 13.4. The fraction of sp³-hybridized carbons (Fsp3) is 0.804. The van der Waals surface area contributed by atoms with E-state index in [0.29, 0.717) is 0 Å². The Morgan fingerprint density at radius 1 is 0.708 bits per heavy atom. The topological polar surface area (TPSA) is 6.25 Å². The van der Waals surface area contributed by atoms with Gasteiger partial charge in [0.2, 0.25) is 0 Å². The lowest BCUT2D eigenvalue weighted by Crippen LogP contribution is -2.46. The summed E-state index contributed by atoms with van der Waals surface area (Å²) < 4.78 is 2.93. The van der Waals surface area contributed by atoms with E-state index >= 15 is 0 Å². The Balaban J connectivity index is 1.15. The zero-order valence-corrected chi connectivity index (χ0v) is 32.2. The van der Waals surface area contributed by atoms with E-state index in [1.54, 1.807) is 22.6 Å². The molecule has 0 amide bonds. The van der Waals surface area contributed by atoms with Crippen molar-refractivity contribution in [3.05, 3.63) is 47.2 Å². The summed E-state index contributed by atoms with van der Waals surface area (Å²) in [5.41, 5.74) is 7.00. The third-order valence-corrected chi connectivity index (χ3v) is 15.5. The summed E-state index contributed by atoms with van der Waals surface area (Å²) in [4.78, 5) is 2.93. The molecule has 5 fully saturated rings. The van der Waals surface area contributed by atoms with Crippen molar-refractivity contribution < 1.29 is 4.58 Å². The van der Waals surface area contributed by atoms with Crippen LogP contribution in [0.3, 0.4) is 0 Å². The summed E-state index contributed by atoms with van der Waals surface area (Å²) >= 11 is 0. The zero-order valence-electron chi connectivity index (χ0n) is 32.2. The molecule has 5 aliphatic carbocycles. The van der Waals surface area contributed by atoms with E-state index in [1.165, 1.54) is 135 Å². The van der Waals surface area contributed by atoms with Gasteiger partial charge in [-0.05, 0) is 118 Å². The van der Waals surface area contributed by atoms with Crippen LogP contribution in [0.25, 0.3) is 0 Å². The van der Waals surface area contributed by atoms with Crippen molar-refractivity contribution in [3.63, 3.8) is 0 Å². The summed E-state index contributed by atoms with van der Waals surface area (Å²) in [5.74, 6) is 5.57. The number of likely N-dealkylation sites (tertiary alicyclic amines) is 1. The molecule has 8 unspecified atom stereocenters. The van der Waals surface area contributed by atoms with Gasteiger partial charge in [0.15, 0.2) is 11.8 Å². The Morgan fingerprint density at radius 2 is 1.40 bits per heavy atom. The average molecular weight is 654 g/mol. The molecule has 0 spiro atoms. The quantitative estimate of drug-likeness (QED) is 0.224. The molecule has 0 aromatic carbocycles. The summed E-state index contributed by atoms with van der Waals surface area (Å²) in [5, 5.41) is 0. The lowest BCUT2D eigenvalue weighted by Gasteiger charge is -2.47. The molecule has 8 atom stereocenters. The minimum Gasteiger partial charge on any atom is -0.371 e. The van der Waals surface area contributed by atoms with Crippen LogP contribution < -0.4 is 0 Å². The van der Waals surface area contributed by atoms with Crippen molar-refractivity contribution in [1.29, 1.82) is 0 Å². The molecule has 2 aliphatic heterocycles. The highest BCUT2D eigenvalue weighted by atomic mass is 15.2. The maximum Gasteiger partial charge on any atom is 0.182 e. The van der Waals surface area contributed by atoms with E-state index in [2.05, 4.69) is 81.4 Å². The summed E-state index contributed by atoms with van der Waals surface area (Å²) in [6.45, 7) is 17.8. The maximum atomic E-state index is 2.93. The highest BCUT2D eigenvalue weighted by molar-refractivity contribution is 5.97. The third kappa shape index (κ3) is 6.40. The highest BCUT2D eigenvalue weighted by Gasteiger charge is 2.60. The Hall–Kier alpha value is -1.57. The molecule has 4 saturated carbocycles. The second-order valence-electron chi connectivity index (χ2n) is 18.9. The van der Waals surface area contributed by atoms with Gasteiger partial charge in [-0.25, -0.2) is 4.58 Å². The van der Waals surface area contributed by atoms with Crippen molar-refractivity contribution in [2.24, 2.45) is 46.3 Å². The second kappa shape index (κ2) is 14.6. The van der Waals surface area contributed by atoms with Crippen molar-refractivity contribution in [2.75, 3.05) is 13.1 Å². The predicted octanol–water partition coefficient (Wildman–Crippen LogP) is 12.1. The van der Waals surface area contributed by atoms with Gasteiger partial charge in [0.05, 0.1) is 5.41 Å². The lowest BCUT2D eigenvalue weighted by atomic mass is 9.57. The predicted molar refractivity (Wildman–Crippen MR) is 205 cm³/mol. The number of fused-ring (bicyclic) bond motifs is 6. The normalized spacial score (nSPS) is 39.0. The molecule has 48 heavy (non-hydrogen) atoms. The first kappa shape index (κ1) is 34.9. The van der Waals surface area contributed by atoms with Crippen LogP contribution in [-0.4, -0.2) is 40.4 Å². The molecule has 2 heteroatoms. The van der Waals surface area contributed by atoms with Crippen molar-refractivity contribution in [3.8, 4) is 0 Å². The molecule has 7 aliphatic rings. The minimum atomic E-state index is 0.276. The first-order chi connectivity index (χ1) is 23.3. The van der Waals surface area contributed by atoms with Crippen LogP contribution in [0.2, 0.25) is 0 Å². The lowest BCUT2D eigenvalue weighted by molar-refractivity contribution is -0.569. The molecule has 0 bridgehead atoms. The zero-order chi connectivity index (χ0) is 33.5. The molecule has 0 N–H and O–H groups in total. The van der Waals surface area contributed by atoms with Crippen LogP contribution in [0.1, 0.15) is 164 Å². The Labute approximate surface area is 296 Å². The van der Waals surface area contributed by atoms with Crippen LogP contribution in [0, 0.1) is 46.3 Å². The van der Waals surface area contributed by atoms with Gasteiger partial charge in [-0.1, -0.05) is 97.3 Å². The van der Waals surface area contributed by atoms with E-state index in [0.717, 1.165) is 47.6 Å². The van der Waals surface area contributed by atoms with E-state index in [9.17, 15) is 0 Å². The second-order valence-corrected chi connectivity index (χ2v) is 18.9. The average Bonchev–Trinajstić information content (AvgIpc) is 3.46. The number of allylic oxidation sites excluding steroid dienone is 8. The number of hydrogen-bond acceptors (Lipinski definition) is 1. The number of nitrogens with zero attached hydrogens (tertiary/aromatic N) is 2. The standard InChI is InChI=1S/C46H73N2/c1-7-9-30-47-39-26-24-35-18-11-13-20-37(35)43(39)45(3,4)41(47)28-22-33-16-15-17-34(32-33)23-29-42-46(5,6)44-38-21-14-12-19-36(38)25-27-40(44)48(42)31-10-8-2/h22-23,28-29,32,35-40,43-44H,7-21,24-27,30-31H2,1-6H3/q+1.